The summed E-state index contributed by atoms with van der Waals surface area (Å²) in [7, 11) is 1.59. The van der Waals surface area contributed by atoms with Crippen molar-refractivity contribution in [2.24, 2.45) is 16.5 Å². The van der Waals surface area contributed by atoms with Gasteiger partial charge in [-0.3, -0.25) is 4.79 Å². The number of aliphatic imine (C=N–C) groups is 1. The molecule has 2 aromatic carbocycles. The van der Waals surface area contributed by atoms with E-state index >= 15 is 0 Å². The molecule has 3 rings (SSSR count). The van der Waals surface area contributed by atoms with E-state index in [1.165, 1.54) is 0 Å². The number of carbonyl (C=O) groups excluding carboxylic acids is 1. The van der Waals surface area contributed by atoms with Gasteiger partial charge in [0.05, 0.1) is 7.11 Å². The summed E-state index contributed by atoms with van der Waals surface area (Å²) in [6, 6.07) is 14.9. The maximum absolute atomic E-state index is 12.8. The zero-order chi connectivity index (χ0) is 17.2. The van der Waals surface area contributed by atoms with Crippen LogP contribution in [0.5, 0.6) is 5.75 Å². The molecule has 1 amide bonds. The third-order valence-corrected chi connectivity index (χ3v) is 3.92. The van der Waals surface area contributed by atoms with Crippen LogP contribution in [0.15, 0.2) is 59.6 Å². The molecule has 1 aliphatic heterocycles. The van der Waals surface area contributed by atoms with Gasteiger partial charge in [0.25, 0.3) is 5.91 Å². The summed E-state index contributed by atoms with van der Waals surface area (Å²) < 4.78 is 5.18. The Hall–Kier alpha value is -3.28. The zero-order valence-corrected chi connectivity index (χ0v) is 13.2. The van der Waals surface area contributed by atoms with Gasteiger partial charge in [-0.15, -0.1) is 0 Å². The third-order valence-electron chi connectivity index (χ3n) is 3.92. The lowest BCUT2D eigenvalue weighted by Gasteiger charge is -2.33. The number of hydrogen-bond acceptors (Lipinski definition) is 3. The largest absolute Gasteiger partial charge is 0.497 e. The minimum absolute atomic E-state index is 0.276. The Labute approximate surface area is 139 Å². The van der Waals surface area contributed by atoms with Gasteiger partial charge in [0, 0.05) is 5.69 Å². The Morgan fingerprint density at radius 3 is 2.50 bits per heavy atom. The normalized spacial score (nSPS) is 18.2. The lowest BCUT2D eigenvalue weighted by atomic mass is 9.85. The number of nitrogens with zero attached hydrogens (tertiary/aromatic N) is 1. The van der Waals surface area contributed by atoms with Gasteiger partial charge in [-0.25, -0.2) is 0 Å². The molecule has 5 N–H and O–H groups in total. The number of ether oxygens (including phenoxy) is 1. The number of nitrogens with two attached hydrogens (primary N) is 2. The fraction of sp³-hybridized carbons (Fsp3) is 0.111. The van der Waals surface area contributed by atoms with Crippen LogP contribution in [0.2, 0.25) is 0 Å². The van der Waals surface area contributed by atoms with Crippen LogP contribution in [0.3, 0.4) is 0 Å². The monoisotopic (exact) mass is 322 g/mol. The van der Waals surface area contributed by atoms with Crippen LogP contribution < -0.4 is 21.5 Å². The highest BCUT2D eigenvalue weighted by Gasteiger charge is 2.40. The lowest BCUT2D eigenvalue weighted by molar-refractivity contribution is -0.120. The van der Waals surface area contributed by atoms with Crippen molar-refractivity contribution in [2.45, 2.75) is 5.54 Å². The van der Waals surface area contributed by atoms with E-state index in [1.807, 2.05) is 42.5 Å². The van der Waals surface area contributed by atoms with Crippen molar-refractivity contribution in [3.8, 4) is 5.75 Å². The summed E-state index contributed by atoms with van der Waals surface area (Å²) in [5, 5.41) is 3.27. The molecule has 122 valence electrons. The minimum Gasteiger partial charge on any atom is -0.497 e. The molecule has 1 heterocycles. The number of anilines is 1. The summed E-state index contributed by atoms with van der Waals surface area (Å²) in [4.78, 5) is 16.6. The van der Waals surface area contributed by atoms with Crippen LogP contribution in [0.4, 0.5) is 5.69 Å². The van der Waals surface area contributed by atoms with Crippen LogP contribution in [0, 0.1) is 0 Å². The highest BCUT2D eigenvalue weighted by Crippen LogP contribution is 2.36. The minimum atomic E-state index is -1.18. The smallest absolute Gasteiger partial charge is 0.283 e. The topological polar surface area (TPSA) is 103 Å². The quantitative estimate of drug-likeness (QED) is 0.591. The molecule has 0 saturated carbocycles. The van der Waals surface area contributed by atoms with E-state index in [-0.39, 0.29) is 5.96 Å². The number of rotatable bonds is 3. The summed E-state index contributed by atoms with van der Waals surface area (Å²) in [5.74, 6) is -0.0660. The van der Waals surface area contributed by atoms with E-state index in [2.05, 4.69) is 10.3 Å². The van der Waals surface area contributed by atoms with E-state index in [0.29, 0.717) is 11.3 Å². The summed E-state index contributed by atoms with van der Waals surface area (Å²) in [5.41, 5.74) is 12.2. The van der Waals surface area contributed by atoms with Gasteiger partial charge >= 0.3 is 0 Å². The molecule has 2 aromatic rings. The van der Waals surface area contributed by atoms with Gasteiger partial charge in [-0.1, -0.05) is 36.4 Å². The van der Waals surface area contributed by atoms with Crippen LogP contribution in [0.25, 0.3) is 6.08 Å². The lowest BCUT2D eigenvalue weighted by Crippen LogP contribution is -2.43. The Kier molecular flexibility index (Phi) is 3.95. The van der Waals surface area contributed by atoms with Crippen molar-refractivity contribution in [3.05, 3.63) is 65.7 Å². The molecule has 1 unspecified atom stereocenters. The number of amides is 1. The predicted molar refractivity (Wildman–Crippen MR) is 94.6 cm³/mol. The number of guanidine groups is 1. The van der Waals surface area contributed by atoms with Crippen LogP contribution in [-0.2, 0) is 10.3 Å². The van der Waals surface area contributed by atoms with Crippen molar-refractivity contribution < 1.29 is 9.53 Å². The first-order valence-electron chi connectivity index (χ1n) is 7.40. The predicted octanol–water partition coefficient (Wildman–Crippen LogP) is 1.83. The molecule has 1 aliphatic rings. The molecule has 0 aliphatic carbocycles. The van der Waals surface area contributed by atoms with Crippen molar-refractivity contribution >= 4 is 23.6 Å². The molecule has 24 heavy (non-hydrogen) atoms. The molecule has 0 aromatic heterocycles. The number of hydrogen-bond donors (Lipinski definition) is 3. The molecule has 0 bridgehead atoms. The first kappa shape index (κ1) is 15.6. The Morgan fingerprint density at radius 2 is 1.83 bits per heavy atom. The average molecular weight is 322 g/mol. The molecular weight excluding hydrogens is 304 g/mol. The number of benzene rings is 2. The molecule has 1 atom stereocenters. The number of methoxy groups -OCH3 is 1. The average Bonchev–Trinajstić information content (AvgIpc) is 2.60. The number of para-hydroxylation sites is 1. The van der Waals surface area contributed by atoms with E-state index in [4.69, 9.17) is 16.2 Å². The summed E-state index contributed by atoms with van der Waals surface area (Å²) >= 11 is 0. The second-order valence-corrected chi connectivity index (χ2v) is 5.42. The van der Waals surface area contributed by atoms with Gasteiger partial charge in [-0.05, 0) is 35.4 Å². The molecular formula is C18H18N4O2. The Morgan fingerprint density at radius 1 is 1.12 bits per heavy atom. The van der Waals surface area contributed by atoms with Gasteiger partial charge in [-0.2, -0.15) is 4.99 Å². The molecule has 6 nitrogen and oxygen atoms in total. The van der Waals surface area contributed by atoms with Gasteiger partial charge in [0.1, 0.15) is 5.75 Å². The van der Waals surface area contributed by atoms with E-state index in [9.17, 15) is 4.79 Å². The highest BCUT2D eigenvalue weighted by atomic mass is 16.5. The van der Waals surface area contributed by atoms with Crippen LogP contribution in [0.1, 0.15) is 11.1 Å². The zero-order valence-electron chi connectivity index (χ0n) is 13.2. The second-order valence-electron chi connectivity index (χ2n) is 5.42. The molecule has 0 fully saturated rings. The summed E-state index contributed by atoms with van der Waals surface area (Å²) in [6.45, 7) is 0. The number of carbonyl (C=O) groups is 1. The van der Waals surface area contributed by atoms with Crippen molar-refractivity contribution in [2.75, 3.05) is 12.4 Å². The Bertz CT molecular complexity index is 823. The van der Waals surface area contributed by atoms with Crippen LogP contribution in [-0.4, -0.2) is 19.0 Å². The maximum atomic E-state index is 12.8. The number of fused-ring (bicyclic) bond motifs is 1. The highest BCUT2D eigenvalue weighted by molar-refractivity contribution is 6.02. The van der Waals surface area contributed by atoms with Crippen LogP contribution >= 0.6 is 0 Å². The van der Waals surface area contributed by atoms with E-state index < -0.39 is 11.4 Å². The Balaban J connectivity index is 2.12. The van der Waals surface area contributed by atoms with Gasteiger partial charge in [0.2, 0.25) is 0 Å². The van der Waals surface area contributed by atoms with Crippen molar-refractivity contribution in [1.29, 1.82) is 0 Å². The fourth-order valence-corrected chi connectivity index (χ4v) is 2.70. The van der Waals surface area contributed by atoms with Crippen molar-refractivity contribution in [3.63, 3.8) is 0 Å². The van der Waals surface area contributed by atoms with Gasteiger partial charge < -0.3 is 21.5 Å². The number of nitrogens with one attached hydrogen (secondary N) is 1. The van der Waals surface area contributed by atoms with E-state index in [0.717, 1.165) is 11.3 Å². The fourth-order valence-electron chi connectivity index (χ4n) is 2.70. The standard InChI is InChI=1S/C18H18N4O2/c1-24-14-8-6-13(7-9-14)18(16(23)21-17(19)20)11-10-12-4-2-3-5-15(12)22-18/h2-11,22H,1H3,(H4,19,20,21,23). The van der Waals surface area contributed by atoms with Gasteiger partial charge in [0.15, 0.2) is 11.5 Å². The SMILES string of the molecule is COc1ccc(C2(C(=O)N=C(N)N)C=Cc3ccccc3N2)cc1. The third kappa shape index (κ3) is 2.69. The second kappa shape index (κ2) is 6.08. The molecule has 0 saturated heterocycles. The first-order valence-corrected chi connectivity index (χ1v) is 7.40. The first-order chi connectivity index (χ1) is 11.5. The summed E-state index contributed by atoms with van der Waals surface area (Å²) in [6.07, 6.45) is 3.65. The molecule has 0 radical (unpaired) electrons. The van der Waals surface area contributed by atoms with E-state index in [1.54, 1.807) is 25.3 Å². The molecule has 0 spiro atoms. The van der Waals surface area contributed by atoms with Crippen molar-refractivity contribution in [1.82, 2.24) is 0 Å². The maximum Gasteiger partial charge on any atom is 0.283 e. The molecule has 6 heteroatoms.